The molecule has 2 heterocycles. The van der Waals surface area contributed by atoms with Crippen LogP contribution in [0.1, 0.15) is 37.6 Å². The van der Waals surface area contributed by atoms with Crippen molar-refractivity contribution in [1.29, 1.82) is 0 Å². The molecule has 1 unspecified atom stereocenters. The summed E-state index contributed by atoms with van der Waals surface area (Å²) in [4.78, 5) is 11.0. The van der Waals surface area contributed by atoms with Gasteiger partial charge in [-0.05, 0) is 26.2 Å². The third-order valence-electron chi connectivity index (χ3n) is 3.63. The van der Waals surface area contributed by atoms with E-state index in [-0.39, 0.29) is 0 Å². The Morgan fingerprint density at radius 2 is 2.16 bits per heavy atom. The number of aromatic nitrogens is 2. The number of nitrogens with two attached hydrogens (primary N) is 1. The van der Waals surface area contributed by atoms with Gasteiger partial charge in [-0.25, -0.2) is 9.97 Å². The lowest BCUT2D eigenvalue weighted by Gasteiger charge is -2.29. The molecule has 5 heteroatoms. The van der Waals surface area contributed by atoms with E-state index in [4.69, 9.17) is 10.5 Å². The maximum Gasteiger partial charge on any atom is 0.137 e. The highest BCUT2D eigenvalue weighted by molar-refractivity contribution is 5.56. The minimum atomic E-state index is 0.305. The highest BCUT2D eigenvalue weighted by atomic mass is 16.5. The zero-order valence-electron chi connectivity index (χ0n) is 12.1. The fourth-order valence-electron chi connectivity index (χ4n) is 2.44. The molecule has 5 nitrogen and oxygen atoms in total. The maximum absolute atomic E-state index is 5.96. The van der Waals surface area contributed by atoms with Crippen LogP contribution in [0.15, 0.2) is 0 Å². The van der Waals surface area contributed by atoms with Gasteiger partial charge in [0.2, 0.25) is 0 Å². The first-order chi connectivity index (χ1) is 9.11. The van der Waals surface area contributed by atoms with Crippen molar-refractivity contribution in [3.63, 3.8) is 0 Å². The van der Waals surface area contributed by atoms with Crippen molar-refractivity contribution in [1.82, 2.24) is 9.97 Å². The predicted octanol–water partition coefficient (Wildman–Crippen LogP) is 1.93. The molecule has 0 spiro atoms. The van der Waals surface area contributed by atoms with Gasteiger partial charge in [-0.15, -0.1) is 0 Å². The first kappa shape index (κ1) is 14.1. The maximum atomic E-state index is 5.96. The highest BCUT2D eigenvalue weighted by Gasteiger charge is 2.19. The predicted molar refractivity (Wildman–Crippen MR) is 77.4 cm³/mol. The van der Waals surface area contributed by atoms with Crippen LogP contribution in [0.4, 0.5) is 11.6 Å². The second kappa shape index (κ2) is 6.19. The van der Waals surface area contributed by atoms with E-state index in [0.717, 1.165) is 43.2 Å². The average molecular weight is 264 g/mol. The summed E-state index contributed by atoms with van der Waals surface area (Å²) in [5.74, 6) is 2.31. The van der Waals surface area contributed by atoms with Crippen LogP contribution >= 0.6 is 0 Å². The first-order valence-electron chi connectivity index (χ1n) is 7.07. The molecule has 1 saturated heterocycles. The SMILES string of the molecule is CCc1nc(N)c(C)c(N(C)CC2CCCCO2)n1. The molecule has 1 aromatic rings. The lowest BCUT2D eigenvalue weighted by molar-refractivity contribution is 0.0215. The molecule has 0 bridgehead atoms. The Hall–Kier alpha value is -1.36. The second-order valence-corrected chi connectivity index (χ2v) is 5.20. The van der Waals surface area contributed by atoms with Crippen LogP contribution in [0.2, 0.25) is 0 Å². The number of hydrogen-bond donors (Lipinski definition) is 1. The van der Waals surface area contributed by atoms with Gasteiger partial charge in [0.05, 0.1) is 6.10 Å². The summed E-state index contributed by atoms with van der Waals surface area (Å²) >= 11 is 0. The summed E-state index contributed by atoms with van der Waals surface area (Å²) in [5.41, 5.74) is 6.91. The molecular formula is C14H24N4O. The van der Waals surface area contributed by atoms with Gasteiger partial charge in [-0.1, -0.05) is 6.92 Å². The molecule has 1 aliphatic heterocycles. The van der Waals surface area contributed by atoms with Gasteiger partial charge in [0.25, 0.3) is 0 Å². The van der Waals surface area contributed by atoms with Crippen LogP contribution in [-0.4, -0.2) is 36.3 Å². The highest BCUT2D eigenvalue weighted by Crippen LogP contribution is 2.22. The summed E-state index contributed by atoms with van der Waals surface area (Å²) < 4.78 is 5.78. The molecule has 1 fully saturated rings. The molecule has 1 atom stereocenters. The lowest BCUT2D eigenvalue weighted by Crippen LogP contribution is -2.34. The Morgan fingerprint density at radius 1 is 1.37 bits per heavy atom. The Labute approximate surface area is 115 Å². The second-order valence-electron chi connectivity index (χ2n) is 5.20. The fraction of sp³-hybridized carbons (Fsp3) is 0.714. The number of nitrogens with zero attached hydrogens (tertiary/aromatic N) is 3. The molecule has 2 rings (SSSR count). The summed E-state index contributed by atoms with van der Waals surface area (Å²) in [7, 11) is 2.05. The molecule has 0 amide bonds. The van der Waals surface area contributed by atoms with Crippen molar-refractivity contribution >= 4 is 11.6 Å². The van der Waals surface area contributed by atoms with E-state index in [1.54, 1.807) is 0 Å². The summed E-state index contributed by atoms with van der Waals surface area (Å²) in [6.07, 6.45) is 4.67. The lowest BCUT2D eigenvalue weighted by atomic mass is 10.1. The Bertz CT molecular complexity index is 430. The van der Waals surface area contributed by atoms with Crippen LogP contribution in [0.25, 0.3) is 0 Å². The monoisotopic (exact) mass is 264 g/mol. The van der Waals surface area contributed by atoms with Gasteiger partial charge in [-0.3, -0.25) is 0 Å². The van der Waals surface area contributed by atoms with Crippen LogP contribution in [-0.2, 0) is 11.2 Å². The van der Waals surface area contributed by atoms with Gasteiger partial charge in [0.15, 0.2) is 0 Å². The number of anilines is 2. The minimum absolute atomic E-state index is 0.305. The first-order valence-corrected chi connectivity index (χ1v) is 7.07. The van der Waals surface area contributed by atoms with E-state index in [1.807, 2.05) is 20.9 Å². The van der Waals surface area contributed by atoms with Crippen LogP contribution in [0.3, 0.4) is 0 Å². The zero-order valence-corrected chi connectivity index (χ0v) is 12.1. The van der Waals surface area contributed by atoms with Crippen LogP contribution in [0.5, 0.6) is 0 Å². The van der Waals surface area contributed by atoms with E-state index in [2.05, 4.69) is 14.9 Å². The standard InChI is InChI=1S/C14H24N4O/c1-4-12-16-13(15)10(2)14(17-12)18(3)9-11-7-5-6-8-19-11/h11H,4-9H2,1-3H3,(H2,15,16,17). The molecule has 2 N–H and O–H groups in total. The molecule has 19 heavy (non-hydrogen) atoms. The normalized spacial score (nSPS) is 19.4. The Balaban J connectivity index is 2.13. The van der Waals surface area contributed by atoms with Gasteiger partial charge in [-0.2, -0.15) is 0 Å². The van der Waals surface area contributed by atoms with Gasteiger partial charge < -0.3 is 15.4 Å². The molecular weight excluding hydrogens is 240 g/mol. The van der Waals surface area contributed by atoms with E-state index in [1.165, 1.54) is 12.8 Å². The van der Waals surface area contributed by atoms with E-state index in [0.29, 0.717) is 11.9 Å². The molecule has 0 saturated carbocycles. The van der Waals surface area contributed by atoms with E-state index >= 15 is 0 Å². The van der Waals surface area contributed by atoms with Crippen molar-refractivity contribution in [2.24, 2.45) is 0 Å². The van der Waals surface area contributed by atoms with E-state index < -0.39 is 0 Å². The van der Waals surface area contributed by atoms with Gasteiger partial charge in [0.1, 0.15) is 17.5 Å². The summed E-state index contributed by atoms with van der Waals surface area (Å²) in [6.45, 7) is 5.75. The van der Waals surface area contributed by atoms with Gasteiger partial charge >= 0.3 is 0 Å². The minimum Gasteiger partial charge on any atom is -0.383 e. The van der Waals surface area contributed by atoms with Crippen molar-refractivity contribution in [3.05, 3.63) is 11.4 Å². The summed E-state index contributed by atoms with van der Waals surface area (Å²) in [6, 6.07) is 0. The molecule has 1 aromatic heterocycles. The third-order valence-corrected chi connectivity index (χ3v) is 3.63. The smallest absolute Gasteiger partial charge is 0.137 e. The number of likely N-dealkylation sites (N-methyl/N-ethyl adjacent to an activating group) is 1. The average Bonchev–Trinajstić information content (AvgIpc) is 2.42. The Kier molecular flexibility index (Phi) is 4.58. The van der Waals surface area contributed by atoms with Crippen molar-refractivity contribution in [2.75, 3.05) is 30.8 Å². The van der Waals surface area contributed by atoms with Crippen LogP contribution in [0, 0.1) is 6.92 Å². The molecule has 0 aliphatic carbocycles. The topological polar surface area (TPSA) is 64.3 Å². The van der Waals surface area contributed by atoms with Crippen molar-refractivity contribution in [3.8, 4) is 0 Å². The number of nitrogen functional groups attached to an aromatic ring is 1. The van der Waals surface area contributed by atoms with Crippen molar-refractivity contribution < 1.29 is 4.74 Å². The number of ether oxygens (including phenoxy) is 1. The molecule has 1 aliphatic rings. The quantitative estimate of drug-likeness (QED) is 0.900. The summed E-state index contributed by atoms with van der Waals surface area (Å²) in [5, 5.41) is 0. The number of aryl methyl sites for hydroxylation is 1. The number of rotatable bonds is 4. The van der Waals surface area contributed by atoms with Crippen LogP contribution < -0.4 is 10.6 Å². The fourth-order valence-corrected chi connectivity index (χ4v) is 2.44. The molecule has 106 valence electrons. The van der Waals surface area contributed by atoms with Gasteiger partial charge in [0, 0.05) is 32.2 Å². The van der Waals surface area contributed by atoms with Crippen molar-refractivity contribution in [2.45, 2.75) is 45.6 Å². The Morgan fingerprint density at radius 3 is 2.79 bits per heavy atom. The molecule has 0 aromatic carbocycles. The third kappa shape index (κ3) is 3.35. The molecule has 0 radical (unpaired) electrons. The zero-order chi connectivity index (χ0) is 13.8. The number of hydrogen-bond acceptors (Lipinski definition) is 5. The van der Waals surface area contributed by atoms with E-state index in [9.17, 15) is 0 Å². The largest absolute Gasteiger partial charge is 0.383 e.